The number of para-hydroxylation sites is 3. The molecule has 4 fully saturated rings. The third-order valence-electron chi connectivity index (χ3n) is 19.5. The van der Waals surface area contributed by atoms with E-state index >= 15 is 0 Å². The molecule has 4 aromatic carbocycles. The molecule has 0 aliphatic carbocycles. The fraction of sp³-hybridized carbons (Fsp3) is 0.486. The van der Waals surface area contributed by atoms with Crippen molar-refractivity contribution in [2.75, 3.05) is 51.6 Å². The number of benzene rings is 4. The van der Waals surface area contributed by atoms with Gasteiger partial charge in [-0.05, 0) is 150 Å². The highest BCUT2D eigenvalue weighted by molar-refractivity contribution is 7.89. The molecule has 33 heteroatoms. The Hall–Kier alpha value is -8.36. The summed E-state index contributed by atoms with van der Waals surface area (Å²) >= 11 is 0. The number of sulfonamides is 1. The van der Waals surface area contributed by atoms with Crippen LogP contribution in [0.5, 0.6) is 0 Å². The van der Waals surface area contributed by atoms with Crippen LogP contribution in [0.4, 0.5) is 0 Å². The zero-order chi connectivity index (χ0) is 76.0. The van der Waals surface area contributed by atoms with Gasteiger partial charge in [-0.3, -0.25) is 33.6 Å². The van der Waals surface area contributed by atoms with Gasteiger partial charge in [-0.2, -0.15) is 0 Å². The number of carbonyl (C=O) groups is 7. The topological polar surface area (TPSA) is 416 Å². The Morgan fingerprint density at radius 2 is 0.848 bits per heavy atom. The van der Waals surface area contributed by atoms with Crippen LogP contribution in [0.3, 0.4) is 0 Å². The van der Waals surface area contributed by atoms with Gasteiger partial charge in [-0.1, -0.05) is 72.8 Å². The first kappa shape index (κ1) is 82.3. The highest BCUT2D eigenvalue weighted by atomic mass is 32.2. The number of fused-ring (bicyclic) bond motifs is 3. The van der Waals surface area contributed by atoms with Crippen molar-refractivity contribution in [1.29, 1.82) is 0 Å². The maximum absolute atomic E-state index is 12.3. The number of nitrogens with zero attached hydrogens (tertiary/aromatic N) is 4. The maximum atomic E-state index is 12.3. The summed E-state index contributed by atoms with van der Waals surface area (Å²) < 4.78 is 41.6. The molecule has 4 saturated heterocycles. The van der Waals surface area contributed by atoms with Crippen LogP contribution in [0.25, 0.3) is 32.9 Å². The summed E-state index contributed by atoms with van der Waals surface area (Å²) in [4.78, 5) is 89.5. The number of aryl methyl sites for hydroxylation is 2. The minimum atomic E-state index is -3.29. The van der Waals surface area contributed by atoms with Crippen molar-refractivity contribution in [1.82, 2.24) is 40.3 Å². The Kier molecular flexibility index (Phi) is 30.8. The predicted octanol–water partition coefficient (Wildman–Crippen LogP) is 3.17. The van der Waals surface area contributed by atoms with Crippen molar-refractivity contribution in [2.45, 2.75) is 173 Å². The molecule has 105 heavy (non-hydrogen) atoms. The fourth-order valence-corrected chi connectivity index (χ4v) is 14.8. The minimum Gasteiger partial charge on any atom is -0.464 e. The molecular formula is C72H98B4N8O20S. The second-order valence-corrected chi connectivity index (χ2v) is 29.9. The molecule has 0 saturated carbocycles. The van der Waals surface area contributed by atoms with E-state index in [1.54, 1.807) is 33.3 Å². The zero-order valence-corrected chi connectivity index (χ0v) is 60.9. The van der Waals surface area contributed by atoms with Gasteiger partial charge in [0, 0.05) is 112 Å². The van der Waals surface area contributed by atoms with E-state index in [4.69, 9.17) is 13.3 Å². The highest BCUT2D eigenvalue weighted by Crippen LogP contribution is 2.30. The maximum Gasteiger partial charge on any atom is 0.475 e. The molecule has 4 aliphatic heterocycles. The summed E-state index contributed by atoms with van der Waals surface area (Å²) in [5, 5.41) is 90.3. The highest BCUT2D eigenvalue weighted by Gasteiger charge is 2.38. The molecule has 28 nitrogen and oxygen atoms in total. The number of furan rings is 3. The van der Waals surface area contributed by atoms with Crippen molar-refractivity contribution >= 4 is 113 Å². The smallest absolute Gasteiger partial charge is 0.464 e. The van der Waals surface area contributed by atoms with Crippen molar-refractivity contribution < 1.29 is 95.4 Å². The Balaban J connectivity index is 0.000000177. The molecule has 0 bridgehead atoms. The van der Waals surface area contributed by atoms with Crippen LogP contribution in [0.1, 0.15) is 137 Å². The van der Waals surface area contributed by atoms with Crippen LogP contribution >= 0.6 is 0 Å². The Labute approximate surface area is 612 Å². The number of rotatable bonds is 28. The summed E-state index contributed by atoms with van der Waals surface area (Å²) in [6, 6.07) is 28.2. The fourth-order valence-electron chi connectivity index (χ4n) is 13.2. The molecular weight excluding hydrogens is 1370 g/mol. The standard InChI is InChI=1S/C19H25BN2O5.C18H23BN2O5.C18H27BN2O4.C17H23BN2O6S/c1-19(2)9-7-18(24)22(19)10-8-17(23)21-16(20(25)26)11-13-12-27-15-6-4-3-5-14(13)15;22-17(8-10-21-9-4-3-7-18(21)23)20-16(19(24)25)11-13-12-26-15-6-2-1-5-14(13)15;1-13-6-7-15(11-14(13)2)12-16(19(24)25)20-17(22)8-10-21-9-4-3-5-18(21)23;21-17(7-9-20-8-3-4-10-27(20,24)25)19-16(18(22)23)11-13-12-26-15-6-2-1-5-14(13)15/h3-6,12,16,25-26H,7-11H2,1-2H3,(H,21,23);1-2,5-6,12,16,24-25H,3-4,7-11H2,(H,20,22);6-7,11,16,24-25H,3-5,8-10,12H2,1-2H3,(H,20,22);1-2,5-6,12,16,22-23H,3-4,7-11H2,(H,19,21)/t4*16-/m0000/s1. The third kappa shape index (κ3) is 24.6. The number of hydrogen-bond acceptors (Lipinski definition) is 20. The number of likely N-dealkylation sites (tertiary alicyclic amines) is 3. The van der Waals surface area contributed by atoms with Crippen molar-refractivity contribution in [3.63, 3.8) is 0 Å². The number of hydrogen-bond donors (Lipinski definition) is 12. The van der Waals surface area contributed by atoms with E-state index in [1.165, 1.54) is 16.1 Å². The van der Waals surface area contributed by atoms with Crippen molar-refractivity contribution in [3.05, 3.63) is 143 Å². The molecule has 4 atom stereocenters. The average molecular weight is 1470 g/mol. The molecule has 4 aliphatic rings. The van der Waals surface area contributed by atoms with Crippen LogP contribution in [-0.4, -0.2) is 218 Å². The summed E-state index contributed by atoms with van der Waals surface area (Å²) in [5.41, 5.74) is 7.42. The Morgan fingerprint density at radius 3 is 1.22 bits per heavy atom. The van der Waals surface area contributed by atoms with E-state index in [0.29, 0.717) is 88.1 Å². The first-order chi connectivity index (χ1) is 50.0. The zero-order valence-electron chi connectivity index (χ0n) is 60.1. The van der Waals surface area contributed by atoms with E-state index in [0.717, 1.165) is 82.5 Å². The second-order valence-electron chi connectivity index (χ2n) is 27.8. The largest absolute Gasteiger partial charge is 0.475 e. The molecule has 7 heterocycles. The lowest BCUT2D eigenvalue weighted by molar-refractivity contribution is -0.135. The monoisotopic (exact) mass is 1470 g/mol. The normalized spacial score (nSPS) is 16.9. The number of nitrogens with one attached hydrogen (secondary N) is 4. The first-order valence-electron chi connectivity index (χ1n) is 35.9. The van der Waals surface area contributed by atoms with Gasteiger partial charge in [-0.15, -0.1) is 0 Å². The van der Waals surface area contributed by atoms with Crippen molar-refractivity contribution in [3.8, 4) is 0 Å². The van der Waals surface area contributed by atoms with E-state index in [2.05, 4.69) is 21.3 Å². The first-order valence-corrected chi connectivity index (χ1v) is 37.5. The van der Waals surface area contributed by atoms with Crippen molar-refractivity contribution in [2.24, 2.45) is 0 Å². The number of piperidine rings is 2. The summed E-state index contributed by atoms with van der Waals surface area (Å²) in [6.07, 6.45) is 13.6. The van der Waals surface area contributed by atoms with E-state index < -0.39 is 68.2 Å². The van der Waals surface area contributed by atoms with Gasteiger partial charge < -0.3 is 89.4 Å². The molecule has 0 spiro atoms. The molecule has 7 aromatic rings. The van der Waals surface area contributed by atoms with E-state index in [9.17, 15) is 82.2 Å². The summed E-state index contributed by atoms with van der Waals surface area (Å²) in [5.74, 6) is -4.41. The Bertz CT molecular complexity index is 4170. The van der Waals surface area contributed by atoms with Crippen LogP contribution < -0.4 is 21.3 Å². The lowest BCUT2D eigenvalue weighted by Gasteiger charge is -2.31. The quantitative estimate of drug-likeness (QED) is 0.0313. The third-order valence-corrected chi connectivity index (χ3v) is 21.5. The number of carbonyl (C=O) groups excluding carboxylic acids is 7. The summed E-state index contributed by atoms with van der Waals surface area (Å²) in [6.45, 7) is 10.9. The molecule has 12 N–H and O–H groups in total. The predicted molar refractivity (Wildman–Crippen MR) is 397 cm³/mol. The van der Waals surface area contributed by atoms with Gasteiger partial charge in [0.05, 0.1) is 48.3 Å². The second kappa shape index (κ2) is 39.3. The lowest BCUT2D eigenvalue weighted by atomic mass is 9.75. The van der Waals surface area contributed by atoms with Crippen LogP contribution in [0.2, 0.25) is 0 Å². The van der Waals surface area contributed by atoms with Gasteiger partial charge in [0.25, 0.3) is 0 Å². The van der Waals surface area contributed by atoms with Gasteiger partial charge >= 0.3 is 28.5 Å². The number of amides is 7. The molecule has 564 valence electrons. The van der Waals surface area contributed by atoms with Gasteiger partial charge in [0.1, 0.15) is 16.7 Å². The van der Waals surface area contributed by atoms with Crippen LogP contribution in [0, 0.1) is 13.8 Å². The van der Waals surface area contributed by atoms with Crippen LogP contribution in [-0.2, 0) is 69.3 Å². The molecule has 0 radical (unpaired) electrons. The minimum absolute atomic E-state index is 0.0332. The molecule has 0 unspecified atom stereocenters. The lowest BCUT2D eigenvalue weighted by Crippen LogP contribution is -2.49. The summed E-state index contributed by atoms with van der Waals surface area (Å²) in [7, 11) is -10.1. The van der Waals surface area contributed by atoms with E-state index in [1.807, 2.05) is 113 Å². The van der Waals surface area contributed by atoms with Crippen LogP contribution in [0.15, 0.2) is 123 Å². The van der Waals surface area contributed by atoms with E-state index in [-0.39, 0.29) is 98.2 Å². The molecule has 7 amide bonds. The van der Waals surface area contributed by atoms with Gasteiger partial charge in [-0.25, -0.2) is 12.7 Å². The van der Waals surface area contributed by atoms with Gasteiger partial charge in [0.15, 0.2) is 0 Å². The Morgan fingerprint density at radius 1 is 0.467 bits per heavy atom. The SMILES string of the molecule is CC1(C)CCC(=O)N1CCC(=O)N[C@@H](Cc1coc2ccccc12)B(O)O.Cc1ccc(C[C@H](NC(=O)CCN2CCCCC2=O)B(O)O)cc1C.O=C(CCN1CCCCC1=O)N[C@@H](Cc1coc2ccccc12)B(O)O.O=C(CCN1CCCCS1(=O)=O)N[C@@H](Cc1coc2ccccc12)B(O)O. The van der Waals surface area contributed by atoms with Gasteiger partial charge in [0.2, 0.25) is 51.4 Å². The molecule has 11 rings (SSSR count). The molecule has 3 aromatic heterocycles. The average Bonchev–Trinajstić information content (AvgIpc) is 1.74.